The van der Waals surface area contributed by atoms with E-state index in [4.69, 9.17) is 10.6 Å². The lowest BCUT2D eigenvalue weighted by Crippen LogP contribution is -2.71. The third-order valence-corrected chi connectivity index (χ3v) is 7.74. The summed E-state index contributed by atoms with van der Waals surface area (Å²) in [5, 5.41) is 17.4. The van der Waals surface area contributed by atoms with Crippen LogP contribution in [0.3, 0.4) is 0 Å². The van der Waals surface area contributed by atoms with E-state index < -0.39 is 29.2 Å². The van der Waals surface area contributed by atoms with Crippen molar-refractivity contribution in [1.29, 1.82) is 0 Å². The molecule has 2 aliphatic heterocycles. The van der Waals surface area contributed by atoms with Crippen LogP contribution in [-0.2, 0) is 19.2 Å². The van der Waals surface area contributed by atoms with Crippen LogP contribution < -0.4 is 11.1 Å². The molecule has 2 aromatic rings. The number of allylic oxidation sites excluding steroid dienone is 1. The Labute approximate surface area is 207 Å². The Morgan fingerprint density at radius 2 is 2.15 bits per heavy atom. The number of carboxylic acid groups (broad SMARTS) is 1. The molecule has 34 heavy (non-hydrogen) atoms. The minimum absolute atomic E-state index is 0. The SMILES string of the molecule is C.CO/N=C(\C(=O)NC1C(=O)N2C(C(=O)O)=C(/C=C\c3scnc3C)CSC12)c1csc(N)n1. The number of hydrogen-bond donors (Lipinski definition) is 3. The van der Waals surface area contributed by atoms with Gasteiger partial charge >= 0.3 is 5.97 Å². The number of carbonyl (C=O) groups excluding carboxylic acids is 2. The molecule has 1 fully saturated rings. The first kappa shape index (κ1) is 25.4. The van der Waals surface area contributed by atoms with Gasteiger partial charge in [0.25, 0.3) is 11.8 Å². The Bertz CT molecular complexity index is 1220. The molecular formula is C20H22N6O5S3. The zero-order chi connectivity index (χ0) is 23.7. The van der Waals surface area contributed by atoms with Crippen molar-refractivity contribution in [1.82, 2.24) is 20.2 Å². The Morgan fingerprint density at radius 3 is 2.74 bits per heavy atom. The molecule has 4 heterocycles. The van der Waals surface area contributed by atoms with Crippen LogP contribution in [0.4, 0.5) is 5.13 Å². The van der Waals surface area contributed by atoms with Gasteiger partial charge in [0.05, 0.1) is 11.2 Å². The van der Waals surface area contributed by atoms with Crippen molar-refractivity contribution >= 4 is 69.1 Å². The van der Waals surface area contributed by atoms with Crippen molar-refractivity contribution in [3.05, 3.63) is 44.5 Å². The minimum Gasteiger partial charge on any atom is -0.477 e. The Hall–Kier alpha value is -3.23. The summed E-state index contributed by atoms with van der Waals surface area (Å²) in [6, 6.07) is -0.913. The van der Waals surface area contributed by atoms with Crippen molar-refractivity contribution < 1.29 is 24.3 Å². The summed E-state index contributed by atoms with van der Waals surface area (Å²) < 4.78 is 0. The molecule has 2 atom stereocenters. The summed E-state index contributed by atoms with van der Waals surface area (Å²) in [4.78, 5) is 52.7. The number of rotatable bonds is 7. The average Bonchev–Trinajstić information content (AvgIpc) is 3.40. The molecule has 2 amide bonds. The summed E-state index contributed by atoms with van der Waals surface area (Å²) in [7, 11) is 1.28. The topological polar surface area (TPSA) is 160 Å². The number of nitrogens with two attached hydrogens (primary N) is 1. The highest BCUT2D eigenvalue weighted by atomic mass is 32.2. The highest BCUT2D eigenvalue weighted by Crippen LogP contribution is 2.41. The van der Waals surface area contributed by atoms with Crippen LogP contribution in [0.2, 0.25) is 0 Å². The number of thioether (sulfide) groups is 1. The molecule has 11 nitrogen and oxygen atoms in total. The second kappa shape index (κ2) is 10.4. The van der Waals surface area contributed by atoms with E-state index >= 15 is 0 Å². The molecule has 0 radical (unpaired) electrons. The maximum atomic E-state index is 12.9. The second-order valence-corrected chi connectivity index (χ2v) is 9.75. The van der Waals surface area contributed by atoms with Crippen molar-refractivity contribution in [3.8, 4) is 0 Å². The van der Waals surface area contributed by atoms with Gasteiger partial charge in [0.15, 0.2) is 10.8 Å². The number of fused-ring (bicyclic) bond motifs is 1. The van der Waals surface area contributed by atoms with E-state index in [1.54, 1.807) is 23.0 Å². The summed E-state index contributed by atoms with van der Waals surface area (Å²) in [5.41, 5.74) is 8.68. The molecule has 2 aromatic heterocycles. The van der Waals surface area contributed by atoms with Crippen LogP contribution in [-0.4, -0.2) is 67.7 Å². The van der Waals surface area contributed by atoms with Gasteiger partial charge in [-0.3, -0.25) is 14.5 Å². The lowest BCUT2D eigenvalue weighted by atomic mass is 10.0. The number of aromatic nitrogens is 2. The van der Waals surface area contributed by atoms with Gasteiger partial charge in [0, 0.05) is 16.0 Å². The van der Waals surface area contributed by atoms with E-state index in [1.807, 2.05) is 6.92 Å². The maximum absolute atomic E-state index is 12.9. The Balaban J connectivity index is 0.00000324. The largest absolute Gasteiger partial charge is 0.477 e. The number of anilines is 1. The summed E-state index contributed by atoms with van der Waals surface area (Å²) in [6.07, 6.45) is 3.49. The van der Waals surface area contributed by atoms with Gasteiger partial charge < -0.3 is 21.0 Å². The van der Waals surface area contributed by atoms with Gasteiger partial charge in [-0.25, -0.2) is 14.8 Å². The highest BCUT2D eigenvalue weighted by Gasteiger charge is 2.54. The van der Waals surface area contributed by atoms with Crippen molar-refractivity contribution in [2.75, 3.05) is 18.6 Å². The number of carbonyl (C=O) groups is 3. The van der Waals surface area contributed by atoms with Crippen LogP contribution in [0.25, 0.3) is 6.08 Å². The first-order valence-corrected chi connectivity index (χ1v) is 12.2. The molecule has 2 unspecified atom stereocenters. The standard InChI is InChI=1S/C19H18N6O5S3.CH4/c1-8-11(33-7-21-8)4-3-9-5-31-17-13(16(27)25(17)14(9)18(28)29)23-15(26)12(24-30-2)10-6-32-19(20)22-10;/h3-4,6-7,13,17H,5H2,1-2H3,(H2,20,22)(H,23,26)(H,28,29);1H4/b4-3-,24-12-;. The number of aliphatic carboxylic acids is 1. The molecular weight excluding hydrogens is 500 g/mol. The molecule has 0 bridgehead atoms. The van der Waals surface area contributed by atoms with E-state index in [0.717, 1.165) is 21.9 Å². The molecule has 0 saturated carbocycles. The first-order chi connectivity index (χ1) is 15.8. The third kappa shape index (κ3) is 4.69. The van der Waals surface area contributed by atoms with Crippen LogP contribution in [0.5, 0.6) is 0 Å². The summed E-state index contributed by atoms with van der Waals surface area (Å²) in [6.45, 7) is 1.86. The molecule has 0 aromatic carbocycles. The zero-order valence-electron chi connectivity index (χ0n) is 17.3. The number of nitrogens with one attached hydrogen (secondary N) is 1. The smallest absolute Gasteiger partial charge is 0.352 e. The zero-order valence-corrected chi connectivity index (χ0v) is 19.8. The van der Waals surface area contributed by atoms with E-state index in [-0.39, 0.29) is 29.7 Å². The number of nitrogens with zero attached hydrogens (tertiary/aromatic N) is 4. The fourth-order valence-corrected chi connectivity index (χ4v) is 5.88. The summed E-state index contributed by atoms with van der Waals surface area (Å²) >= 11 is 3.94. The average molecular weight is 523 g/mol. The van der Waals surface area contributed by atoms with E-state index in [9.17, 15) is 19.5 Å². The number of carboxylic acids is 1. The lowest BCUT2D eigenvalue weighted by molar-refractivity contribution is -0.150. The van der Waals surface area contributed by atoms with Gasteiger partial charge in [-0.05, 0) is 18.6 Å². The molecule has 1 saturated heterocycles. The molecule has 0 spiro atoms. The Kier molecular flexibility index (Phi) is 7.74. The molecule has 4 rings (SSSR count). The van der Waals surface area contributed by atoms with E-state index in [2.05, 4.69) is 20.4 Å². The van der Waals surface area contributed by atoms with Crippen molar-refractivity contribution in [2.45, 2.75) is 25.8 Å². The van der Waals surface area contributed by atoms with Crippen LogP contribution in [0.15, 0.2) is 33.4 Å². The number of oxime groups is 1. The molecule has 0 aliphatic carbocycles. The monoisotopic (exact) mass is 522 g/mol. The van der Waals surface area contributed by atoms with E-state index in [1.165, 1.54) is 35.1 Å². The van der Waals surface area contributed by atoms with Gasteiger partial charge in [-0.2, -0.15) is 0 Å². The number of hydrogen-bond acceptors (Lipinski definition) is 11. The number of amides is 2. The van der Waals surface area contributed by atoms with Gasteiger partial charge in [-0.1, -0.05) is 18.7 Å². The predicted molar refractivity (Wildman–Crippen MR) is 132 cm³/mol. The van der Waals surface area contributed by atoms with Crippen molar-refractivity contribution in [2.24, 2.45) is 5.16 Å². The molecule has 4 N–H and O–H groups in total. The number of aryl methyl sites for hydroxylation is 1. The van der Waals surface area contributed by atoms with Crippen LogP contribution >= 0.6 is 34.4 Å². The first-order valence-electron chi connectivity index (χ1n) is 9.44. The maximum Gasteiger partial charge on any atom is 0.352 e. The van der Waals surface area contributed by atoms with Crippen LogP contribution in [0.1, 0.15) is 23.7 Å². The second-order valence-electron chi connectivity index (χ2n) is 6.87. The van der Waals surface area contributed by atoms with Gasteiger partial charge in [0.2, 0.25) is 0 Å². The van der Waals surface area contributed by atoms with Gasteiger partial charge in [0.1, 0.15) is 29.9 Å². The van der Waals surface area contributed by atoms with Crippen LogP contribution in [0, 0.1) is 6.92 Å². The van der Waals surface area contributed by atoms with Gasteiger partial charge in [-0.15, -0.1) is 34.4 Å². The quantitative estimate of drug-likeness (QED) is 0.280. The van der Waals surface area contributed by atoms with Crippen molar-refractivity contribution in [3.63, 3.8) is 0 Å². The van der Waals surface area contributed by atoms with E-state index in [0.29, 0.717) is 11.3 Å². The fraction of sp³-hybridized carbons (Fsp3) is 0.300. The number of β-lactam (4-membered cyclic amide) rings is 1. The number of thiazole rings is 2. The molecule has 2 aliphatic rings. The summed E-state index contributed by atoms with van der Waals surface area (Å²) in [5.74, 6) is -2.04. The number of nitrogen functional groups attached to an aromatic ring is 1. The Morgan fingerprint density at radius 1 is 1.38 bits per heavy atom. The lowest BCUT2D eigenvalue weighted by Gasteiger charge is -2.49. The minimum atomic E-state index is -1.21. The molecule has 180 valence electrons. The normalized spacial score (nSPS) is 20.0. The fourth-order valence-electron chi connectivity index (χ4n) is 3.32. The third-order valence-electron chi connectivity index (χ3n) is 4.87. The molecule has 14 heteroatoms. The predicted octanol–water partition coefficient (Wildman–Crippen LogP) is 1.93. The highest BCUT2D eigenvalue weighted by molar-refractivity contribution is 8.00.